The first-order chi connectivity index (χ1) is 10.2. The molecule has 2 aromatic carbocycles. The van der Waals surface area contributed by atoms with Crippen LogP contribution in [0.5, 0.6) is 0 Å². The van der Waals surface area contributed by atoms with Gasteiger partial charge in [-0.1, -0.05) is 12.6 Å². The van der Waals surface area contributed by atoms with Crippen molar-refractivity contribution >= 4 is 33.1 Å². The molecule has 0 unspecified atom stereocenters. The van der Waals surface area contributed by atoms with Crippen molar-refractivity contribution in [2.24, 2.45) is 0 Å². The Morgan fingerprint density at radius 3 is 2.71 bits per heavy atom. The normalized spacial score (nSPS) is 10.5. The maximum atomic E-state index is 11.2. The average Bonchev–Trinajstić information content (AvgIpc) is 2.90. The van der Waals surface area contributed by atoms with Gasteiger partial charge in [0.25, 0.3) is 0 Å². The van der Waals surface area contributed by atoms with Gasteiger partial charge < -0.3 is 5.32 Å². The van der Waals surface area contributed by atoms with Crippen LogP contribution in [-0.4, -0.2) is 10.9 Å². The van der Waals surface area contributed by atoms with Crippen LogP contribution in [0.15, 0.2) is 55.1 Å². The van der Waals surface area contributed by atoms with Crippen molar-refractivity contribution in [1.82, 2.24) is 4.98 Å². The number of carbonyl (C=O) groups is 1. The number of anilines is 1. The third-order valence-corrected chi connectivity index (χ3v) is 4.20. The summed E-state index contributed by atoms with van der Waals surface area (Å²) in [6, 6.07) is 13.9. The molecule has 3 nitrogen and oxygen atoms in total. The van der Waals surface area contributed by atoms with Crippen molar-refractivity contribution < 1.29 is 4.79 Å². The lowest BCUT2D eigenvalue weighted by Crippen LogP contribution is -2.06. The van der Waals surface area contributed by atoms with Crippen LogP contribution in [0.3, 0.4) is 0 Å². The van der Waals surface area contributed by atoms with Crippen LogP contribution in [0, 0.1) is 6.92 Å². The highest BCUT2D eigenvalue weighted by molar-refractivity contribution is 7.21. The van der Waals surface area contributed by atoms with Crippen molar-refractivity contribution in [3.05, 3.63) is 60.7 Å². The van der Waals surface area contributed by atoms with Gasteiger partial charge in [-0.15, -0.1) is 11.3 Å². The van der Waals surface area contributed by atoms with Crippen LogP contribution in [-0.2, 0) is 4.79 Å². The van der Waals surface area contributed by atoms with Crippen LogP contribution in [0.4, 0.5) is 5.69 Å². The van der Waals surface area contributed by atoms with Gasteiger partial charge in [0.05, 0.1) is 10.2 Å². The second-order valence-corrected chi connectivity index (χ2v) is 5.79. The molecule has 0 aliphatic heterocycles. The average molecular weight is 294 g/mol. The van der Waals surface area contributed by atoms with Crippen molar-refractivity contribution in [2.45, 2.75) is 6.92 Å². The third-order valence-electron chi connectivity index (χ3n) is 3.13. The minimum absolute atomic E-state index is 0.210. The Kier molecular flexibility index (Phi) is 3.54. The van der Waals surface area contributed by atoms with Gasteiger partial charge in [0.15, 0.2) is 0 Å². The lowest BCUT2D eigenvalue weighted by Gasteiger charge is -2.02. The molecule has 1 heterocycles. The van der Waals surface area contributed by atoms with Gasteiger partial charge in [0, 0.05) is 11.3 Å². The summed E-state index contributed by atoms with van der Waals surface area (Å²) < 4.78 is 1.19. The summed E-state index contributed by atoms with van der Waals surface area (Å²) >= 11 is 1.67. The number of nitrogens with one attached hydrogen (secondary N) is 1. The van der Waals surface area contributed by atoms with E-state index in [9.17, 15) is 4.79 Å². The lowest BCUT2D eigenvalue weighted by molar-refractivity contribution is -0.111. The molecule has 104 valence electrons. The maximum absolute atomic E-state index is 11.2. The van der Waals surface area contributed by atoms with Crippen LogP contribution in [0.2, 0.25) is 0 Å². The van der Waals surface area contributed by atoms with Gasteiger partial charge in [-0.25, -0.2) is 4.98 Å². The minimum atomic E-state index is -0.210. The molecule has 0 radical (unpaired) electrons. The number of aromatic nitrogens is 1. The Morgan fingerprint density at radius 2 is 2.00 bits per heavy atom. The predicted molar refractivity (Wildman–Crippen MR) is 88.6 cm³/mol. The molecule has 21 heavy (non-hydrogen) atoms. The number of rotatable bonds is 3. The van der Waals surface area contributed by atoms with Gasteiger partial charge in [-0.2, -0.15) is 0 Å². The number of thiazole rings is 1. The molecule has 1 aromatic heterocycles. The maximum Gasteiger partial charge on any atom is 0.247 e. The molecule has 0 saturated heterocycles. The second-order valence-electron chi connectivity index (χ2n) is 4.76. The summed E-state index contributed by atoms with van der Waals surface area (Å²) in [6.45, 7) is 5.51. The van der Waals surface area contributed by atoms with Crippen LogP contribution < -0.4 is 5.32 Å². The van der Waals surface area contributed by atoms with Crippen LogP contribution in [0.25, 0.3) is 20.8 Å². The standard InChI is InChI=1S/C17H14N2OS/c1-3-16(20)18-13-7-5-12(6-8-13)17-19-14-9-4-11(2)10-15(14)21-17/h3-10H,1H2,2H3,(H,18,20). The second kappa shape index (κ2) is 5.50. The number of nitrogens with zero attached hydrogens (tertiary/aromatic N) is 1. The van der Waals surface area contributed by atoms with E-state index in [1.807, 2.05) is 30.3 Å². The zero-order chi connectivity index (χ0) is 14.8. The molecule has 0 fully saturated rings. The number of benzene rings is 2. The van der Waals surface area contributed by atoms with Gasteiger partial charge >= 0.3 is 0 Å². The number of amides is 1. The Hall–Kier alpha value is -2.46. The summed E-state index contributed by atoms with van der Waals surface area (Å²) in [7, 11) is 0. The van der Waals surface area contributed by atoms with Crippen LogP contribution >= 0.6 is 11.3 Å². The molecule has 1 amide bonds. The smallest absolute Gasteiger partial charge is 0.247 e. The monoisotopic (exact) mass is 294 g/mol. The molecule has 0 spiro atoms. The summed E-state index contributed by atoms with van der Waals surface area (Å²) in [6.07, 6.45) is 1.25. The molecule has 1 N–H and O–H groups in total. The molecule has 0 saturated carbocycles. The predicted octanol–water partition coefficient (Wildman–Crippen LogP) is 4.40. The molecule has 0 bridgehead atoms. The van der Waals surface area contributed by atoms with E-state index in [1.165, 1.54) is 16.3 Å². The number of hydrogen-bond donors (Lipinski definition) is 1. The van der Waals surface area contributed by atoms with E-state index in [0.717, 1.165) is 21.8 Å². The molecule has 0 aliphatic carbocycles. The number of carbonyl (C=O) groups excluding carboxylic acids is 1. The zero-order valence-corrected chi connectivity index (χ0v) is 12.4. The SMILES string of the molecule is C=CC(=O)Nc1ccc(-c2nc3ccc(C)cc3s2)cc1. The minimum Gasteiger partial charge on any atom is -0.323 e. The Balaban J connectivity index is 1.91. The van der Waals surface area contributed by atoms with Crippen molar-refractivity contribution in [1.29, 1.82) is 0 Å². The van der Waals surface area contributed by atoms with Crippen molar-refractivity contribution in [2.75, 3.05) is 5.32 Å². The first-order valence-corrected chi connectivity index (χ1v) is 7.38. The summed E-state index contributed by atoms with van der Waals surface area (Å²) in [5.41, 5.74) is 4.05. The molecule has 3 aromatic rings. The molecule has 0 atom stereocenters. The van der Waals surface area contributed by atoms with Crippen LogP contribution in [0.1, 0.15) is 5.56 Å². The fourth-order valence-corrected chi connectivity index (χ4v) is 3.11. The highest BCUT2D eigenvalue weighted by Crippen LogP contribution is 2.31. The lowest BCUT2D eigenvalue weighted by atomic mass is 10.2. The van der Waals surface area contributed by atoms with E-state index >= 15 is 0 Å². The van der Waals surface area contributed by atoms with E-state index in [0.29, 0.717) is 0 Å². The number of aryl methyl sites for hydroxylation is 1. The quantitative estimate of drug-likeness (QED) is 0.728. The Morgan fingerprint density at radius 1 is 1.24 bits per heavy atom. The topological polar surface area (TPSA) is 42.0 Å². The largest absolute Gasteiger partial charge is 0.323 e. The summed E-state index contributed by atoms with van der Waals surface area (Å²) in [5, 5.41) is 3.71. The summed E-state index contributed by atoms with van der Waals surface area (Å²) in [5.74, 6) is -0.210. The van der Waals surface area contributed by atoms with Gasteiger partial charge in [0.1, 0.15) is 5.01 Å². The molecular formula is C17H14N2OS. The fourth-order valence-electron chi connectivity index (χ4n) is 2.04. The number of hydrogen-bond acceptors (Lipinski definition) is 3. The van der Waals surface area contributed by atoms with Gasteiger partial charge in [0.2, 0.25) is 5.91 Å². The van der Waals surface area contributed by atoms with E-state index in [1.54, 1.807) is 11.3 Å². The summed E-state index contributed by atoms with van der Waals surface area (Å²) in [4.78, 5) is 15.9. The third kappa shape index (κ3) is 2.85. The zero-order valence-electron chi connectivity index (χ0n) is 11.6. The highest BCUT2D eigenvalue weighted by Gasteiger charge is 2.06. The van der Waals surface area contributed by atoms with E-state index in [2.05, 4.69) is 35.9 Å². The van der Waals surface area contributed by atoms with Crippen molar-refractivity contribution in [3.63, 3.8) is 0 Å². The van der Waals surface area contributed by atoms with Gasteiger partial charge in [-0.3, -0.25) is 4.79 Å². The molecule has 4 heteroatoms. The number of fused-ring (bicyclic) bond motifs is 1. The molecule has 3 rings (SSSR count). The first kappa shape index (κ1) is 13.5. The molecule has 0 aliphatic rings. The van der Waals surface area contributed by atoms with E-state index < -0.39 is 0 Å². The van der Waals surface area contributed by atoms with E-state index in [-0.39, 0.29) is 5.91 Å². The molecular weight excluding hydrogens is 280 g/mol. The van der Waals surface area contributed by atoms with E-state index in [4.69, 9.17) is 0 Å². The highest BCUT2D eigenvalue weighted by atomic mass is 32.1. The van der Waals surface area contributed by atoms with Gasteiger partial charge in [-0.05, 0) is 55.0 Å². The van der Waals surface area contributed by atoms with Crippen molar-refractivity contribution in [3.8, 4) is 10.6 Å². The Bertz CT molecular complexity index is 818. The fraction of sp³-hybridized carbons (Fsp3) is 0.0588. The first-order valence-electron chi connectivity index (χ1n) is 6.57. The Labute approximate surface area is 127 Å².